The van der Waals surface area contributed by atoms with Crippen molar-refractivity contribution in [2.75, 3.05) is 7.05 Å². The van der Waals surface area contributed by atoms with Gasteiger partial charge in [-0.15, -0.1) is 0 Å². The Morgan fingerprint density at radius 1 is 1.61 bits per heavy atom. The van der Waals surface area contributed by atoms with E-state index in [4.69, 9.17) is 10.9 Å². The molecule has 0 spiro atoms. The molecule has 18 heavy (non-hydrogen) atoms. The van der Waals surface area contributed by atoms with Crippen LogP contribution in [0.1, 0.15) is 18.9 Å². The highest BCUT2D eigenvalue weighted by Crippen LogP contribution is 2.22. The summed E-state index contributed by atoms with van der Waals surface area (Å²) in [6, 6.07) is 5.04. The number of hydrogen-bond donors (Lipinski definition) is 2. The van der Waals surface area contributed by atoms with E-state index in [9.17, 15) is 4.39 Å². The molecular formula is C12H17BrFN3O. The van der Waals surface area contributed by atoms with Crippen LogP contribution in [-0.4, -0.2) is 29.0 Å². The maximum Gasteiger partial charge on any atom is 0.140 e. The lowest BCUT2D eigenvalue weighted by atomic mass is 10.1. The maximum atomic E-state index is 13.4. The molecule has 0 aliphatic carbocycles. The van der Waals surface area contributed by atoms with Crippen molar-refractivity contribution in [1.82, 2.24) is 4.90 Å². The lowest BCUT2D eigenvalue weighted by Gasteiger charge is -2.24. The summed E-state index contributed by atoms with van der Waals surface area (Å²) in [5.74, 6) is -0.0855. The Morgan fingerprint density at radius 2 is 2.28 bits per heavy atom. The van der Waals surface area contributed by atoms with Crippen LogP contribution in [0.4, 0.5) is 4.39 Å². The highest BCUT2D eigenvalue weighted by molar-refractivity contribution is 9.10. The topological polar surface area (TPSA) is 61.9 Å². The Hall–Kier alpha value is -1.14. The Bertz CT molecular complexity index is 439. The van der Waals surface area contributed by atoms with E-state index in [1.807, 2.05) is 24.9 Å². The molecule has 0 bridgehead atoms. The van der Waals surface area contributed by atoms with Crippen molar-refractivity contribution < 1.29 is 9.60 Å². The van der Waals surface area contributed by atoms with Gasteiger partial charge in [0.25, 0.3) is 0 Å². The summed E-state index contributed by atoms with van der Waals surface area (Å²) >= 11 is 3.23. The van der Waals surface area contributed by atoms with E-state index >= 15 is 0 Å². The lowest BCUT2D eigenvalue weighted by Crippen LogP contribution is -2.32. The molecule has 100 valence electrons. The Labute approximate surface area is 114 Å². The first-order valence-corrected chi connectivity index (χ1v) is 6.34. The molecule has 1 aromatic rings. The molecule has 0 radical (unpaired) electrons. The Morgan fingerprint density at radius 3 is 2.89 bits per heavy atom. The van der Waals surface area contributed by atoms with E-state index in [2.05, 4.69) is 21.1 Å². The average Bonchev–Trinajstić information content (AvgIpc) is 2.34. The van der Waals surface area contributed by atoms with Gasteiger partial charge in [0.2, 0.25) is 0 Å². The minimum atomic E-state index is -0.273. The third-order valence-corrected chi connectivity index (χ3v) is 3.72. The second-order valence-corrected chi connectivity index (χ2v) is 5.07. The first-order chi connectivity index (χ1) is 8.45. The van der Waals surface area contributed by atoms with Crippen molar-refractivity contribution in [2.45, 2.75) is 25.9 Å². The fourth-order valence-electron chi connectivity index (χ4n) is 1.59. The molecule has 6 heteroatoms. The van der Waals surface area contributed by atoms with Gasteiger partial charge in [-0.25, -0.2) is 4.39 Å². The summed E-state index contributed by atoms with van der Waals surface area (Å²) in [5, 5.41) is 11.5. The van der Waals surface area contributed by atoms with Crippen LogP contribution in [0.3, 0.4) is 0 Å². The summed E-state index contributed by atoms with van der Waals surface area (Å²) < 4.78 is 13.8. The van der Waals surface area contributed by atoms with Crippen LogP contribution in [0.5, 0.6) is 0 Å². The van der Waals surface area contributed by atoms with Gasteiger partial charge in [-0.2, -0.15) is 0 Å². The quantitative estimate of drug-likeness (QED) is 0.380. The molecule has 0 aliphatic rings. The Kier molecular flexibility index (Phi) is 5.55. The molecule has 1 rings (SSSR count). The zero-order valence-corrected chi connectivity index (χ0v) is 12.0. The molecule has 0 saturated heterocycles. The molecule has 0 aliphatic heterocycles. The summed E-state index contributed by atoms with van der Waals surface area (Å²) in [6.45, 7) is 2.55. The maximum absolute atomic E-state index is 13.4. The van der Waals surface area contributed by atoms with Gasteiger partial charge in [0.15, 0.2) is 0 Å². The molecule has 0 aromatic heterocycles. The van der Waals surface area contributed by atoms with Crippen LogP contribution in [0.15, 0.2) is 27.8 Å². The predicted octanol–water partition coefficient (Wildman–Crippen LogP) is 2.54. The highest BCUT2D eigenvalue weighted by atomic mass is 79.9. The van der Waals surface area contributed by atoms with Crippen molar-refractivity contribution in [3.8, 4) is 0 Å². The first kappa shape index (κ1) is 14.9. The van der Waals surface area contributed by atoms with Crippen LogP contribution >= 0.6 is 15.9 Å². The Balaban J connectivity index is 2.69. The van der Waals surface area contributed by atoms with Gasteiger partial charge in [-0.3, -0.25) is 4.90 Å². The zero-order chi connectivity index (χ0) is 13.7. The van der Waals surface area contributed by atoms with E-state index in [1.54, 1.807) is 6.07 Å². The van der Waals surface area contributed by atoms with Crippen LogP contribution in [0, 0.1) is 5.82 Å². The molecule has 0 heterocycles. The third kappa shape index (κ3) is 3.96. The van der Waals surface area contributed by atoms with Gasteiger partial charge >= 0.3 is 0 Å². The van der Waals surface area contributed by atoms with Gasteiger partial charge in [-0.05, 0) is 41.5 Å². The minimum absolute atomic E-state index is 0.0936. The van der Waals surface area contributed by atoms with Crippen molar-refractivity contribution in [1.29, 1.82) is 0 Å². The zero-order valence-electron chi connectivity index (χ0n) is 10.4. The fourth-order valence-corrected chi connectivity index (χ4v) is 1.98. The number of rotatable bonds is 5. The molecule has 1 atom stereocenters. The smallest absolute Gasteiger partial charge is 0.140 e. The summed E-state index contributed by atoms with van der Waals surface area (Å²) in [6.07, 6.45) is 0.458. The molecule has 4 nitrogen and oxygen atoms in total. The highest BCUT2D eigenvalue weighted by Gasteiger charge is 2.14. The second kappa shape index (κ2) is 6.70. The average molecular weight is 318 g/mol. The molecule has 0 saturated carbocycles. The molecule has 3 N–H and O–H groups in total. The molecule has 1 aromatic carbocycles. The molecular weight excluding hydrogens is 301 g/mol. The van der Waals surface area contributed by atoms with E-state index in [0.717, 1.165) is 5.56 Å². The van der Waals surface area contributed by atoms with E-state index in [1.165, 1.54) is 6.07 Å². The number of halogens is 2. The summed E-state index contributed by atoms with van der Waals surface area (Å²) in [4.78, 5) is 2.01. The minimum Gasteiger partial charge on any atom is -0.409 e. The van der Waals surface area contributed by atoms with Crippen molar-refractivity contribution in [3.05, 3.63) is 34.1 Å². The summed E-state index contributed by atoms with van der Waals surface area (Å²) in [5.41, 5.74) is 6.33. The largest absolute Gasteiger partial charge is 0.409 e. The standard InChI is InChI=1S/C12H17BrFN3O/c1-8(6-11(15)16-18)17(2)7-9-4-3-5-10(14)12(9)13/h3-5,8,18H,6-7H2,1-2H3,(H2,15,16). The number of oxime groups is 1. The number of benzene rings is 1. The number of amidine groups is 1. The lowest BCUT2D eigenvalue weighted by molar-refractivity contribution is 0.250. The van der Waals surface area contributed by atoms with Crippen molar-refractivity contribution >= 4 is 21.8 Å². The number of nitrogens with zero attached hydrogens (tertiary/aromatic N) is 2. The van der Waals surface area contributed by atoms with Crippen molar-refractivity contribution in [2.24, 2.45) is 10.9 Å². The molecule has 1 unspecified atom stereocenters. The van der Waals surface area contributed by atoms with Gasteiger partial charge in [0.05, 0.1) is 4.47 Å². The van der Waals surface area contributed by atoms with Crippen LogP contribution in [0.25, 0.3) is 0 Å². The van der Waals surface area contributed by atoms with E-state index in [-0.39, 0.29) is 17.7 Å². The monoisotopic (exact) mass is 317 g/mol. The van der Waals surface area contributed by atoms with Crippen LogP contribution in [0.2, 0.25) is 0 Å². The van der Waals surface area contributed by atoms with Gasteiger partial charge in [0.1, 0.15) is 11.7 Å². The van der Waals surface area contributed by atoms with E-state index in [0.29, 0.717) is 17.4 Å². The number of nitrogens with two attached hydrogens (primary N) is 1. The van der Waals surface area contributed by atoms with Crippen LogP contribution in [-0.2, 0) is 6.54 Å². The van der Waals surface area contributed by atoms with E-state index < -0.39 is 0 Å². The van der Waals surface area contributed by atoms with Crippen molar-refractivity contribution in [3.63, 3.8) is 0 Å². The third-order valence-electron chi connectivity index (χ3n) is 2.84. The van der Waals surface area contributed by atoms with Gasteiger partial charge < -0.3 is 10.9 Å². The normalized spacial score (nSPS) is 13.9. The second-order valence-electron chi connectivity index (χ2n) is 4.27. The summed E-state index contributed by atoms with van der Waals surface area (Å²) in [7, 11) is 1.91. The fraction of sp³-hybridized carbons (Fsp3) is 0.417. The molecule has 0 amide bonds. The van der Waals surface area contributed by atoms with Crippen LogP contribution < -0.4 is 5.73 Å². The SMILES string of the molecule is CC(C/C(N)=N/O)N(C)Cc1cccc(F)c1Br. The molecule has 0 fully saturated rings. The first-order valence-electron chi connectivity index (χ1n) is 5.55. The van der Waals surface area contributed by atoms with Gasteiger partial charge in [0, 0.05) is 19.0 Å². The predicted molar refractivity (Wildman–Crippen MR) is 73.1 cm³/mol. The van der Waals surface area contributed by atoms with Gasteiger partial charge in [-0.1, -0.05) is 17.3 Å². The number of hydrogen-bond acceptors (Lipinski definition) is 3.